The number of aromatic nitrogens is 4. The van der Waals surface area contributed by atoms with Gasteiger partial charge in [-0.25, -0.2) is 19.9 Å². The minimum absolute atomic E-state index is 0.474. The highest BCUT2D eigenvalue weighted by atomic mass is 35.5. The molecule has 0 aliphatic rings. The summed E-state index contributed by atoms with van der Waals surface area (Å²) < 4.78 is 0. The first-order valence-electron chi connectivity index (χ1n) is 4.18. The average Bonchev–Trinajstić information content (AvgIpc) is 2.26. The summed E-state index contributed by atoms with van der Waals surface area (Å²) in [5.74, 6) is 0. The van der Waals surface area contributed by atoms with E-state index in [4.69, 9.17) is 11.6 Å². The van der Waals surface area contributed by atoms with Gasteiger partial charge in [-0.3, -0.25) is 0 Å². The van der Waals surface area contributed by atoms with Gasteiger partial charge in [-0.1, -0.05) is 11.6 Å². The van der Waals surface area contributed by atoms with Gasteiger partial charge in [0, 0.05) is 11.8 Å². The fourth-order valence-corrected chi connectivity index (χ4v) is 1.92. The van der Waals surface area contributed by atoms with E-state index >= 15 is 0 Å². The van der Waals surface area contributed by atoms with E-state index in [1.165, 1.54) is 24.4 Å². The zero-order valence-corrected chi connectivity index (χ0v) is 9.46. The third-order valence-corrected chi connectivity index (χ3v) is 3.17. The second-order valence-corrected chi connectivity index (χ2v) is 4.11. The molecule has 0 saturated carbocycles. The molecule has 0 saturated heterocycles. The molecule has 2 heterocycles. The molecule has 0 amide bonds. The molecule has 0 fully saturated rings. The van der Waals surface area contributed by atoms with Gasteiger partial charge in [0.25, 0.3) is 0 Å². The lowest BCUT2D eigenvalue weighted by Crippen LogP contribution is -1.90. The van der Waals surface area contributed by atoms with E-state index in [-0.39, 0.29) is 0 Å². The lowest BCUT2D eigenvalue weighted by molar-refractivity contribution is 0.989. The summed E-state index contributed by atoms with van der Waals surface area (Å²) in [4.78, 5) is 16.0. The third kappa shape index (κ3) is 2.43. The summed E-state index contributed by atoms with van der Waals surface area (Å²) in [5.41, 5.74) is 0.864. The molecule has 4 nitrogen and oxygen atoms in total. The van der Waals surface area contributed by atoms with Crippen molar-refractivity contribution in [3.05, 3.63) is 35.6 Å². The standard InChI is InChI=1S/C9H7ClN4S/c1-6-8(10)13-5-14-9(6)15-7-2-3-11-4-12-7/h2-5H,1H3. The van der Waals surface area contributed by atoms with Crippen LogP contribution in [-0.2, 0) is 0 Å². The molecule has 15 heavy (non-hydrogen) atoms. The van der Waals surface area contributed by atoms with Crippen molar-refractivity contribution >= 4 is 23.4 Å². The van der Waals surface area contributed by atoms with Gasteiger partial charge in [0.1, 0.15) is 27.9 Å². The maximum Gasteiger partial charge on any atom is 0.136 e. The molecule has 0 atom stereocenters. The lowest BCUT2D eigenvalue weighted by atomic mass is 10.4. The maximum atomic E-state index is 5.88. The van der Waals surface area contributed by atoms with E-state index in [2.05, 4.69) is 19.9 Å². The molecule has 0 unspecified atom stereocenters. The van der Waals surface area contributed by atoms with Gasteiger partial charge >= 0.3 is 0 Å². The first-order valence-corrected chi connectivity index (χ1v) is 5.38. The number of hydrogen-bond acceptors (Lipinski definition) is 5. The van der Waals surface area contributed by atoms with Gasteiger partial charge in [-0.05, 0) is 24.8 Å². The van der Waals surface area contributed by atoms with Crippen LogP contribution in [0.5, 0.6) is 0 Å². The van der Waals surface area contributed by atoms with Crippen LogP contribution in [0, 0.1) is 6.92 Å². The van der Waals surface area contributed by atoms with Crippen LogP contribution in [0.3, 0.4) is 0 Å². The molecule has 0 aliphatic heterocycles. The van der Waals surface area contributed by atoms with Crippen molar-refractivity contribution in [1.82, 2.24) is 19.9 Å². The molecule has 2 rings (SSSR count). The van der Waals surface area contributed by atoms with Gasteiger partial charge in [0.2, 0.25) is 0 Å². The van der Waals surface area contributed by atoms with Crippen molar-refractivity contribution in [2.24, 2.45) is 0 Å². The Morgan fingerprint density at radius 2 is 2.07 bits per heavy atom. The molecule has 0 bridgehead atoms. The molecule has 2 aromatic heterocycles. The van der Waals surface area contributed by atoms with Crippen LogP contribution in [0.25, 0.3) is 0 Å². The SMILES string of the molecule is Cc1c(Cl)ncnc1Sc1ccncn1. The number of hydrogen-bond donors (Lipinski definition) is 0. The largest absolute Gasteiger partial charge is 0.245 e. The Morgan fingerprint density at radius 3 is 2.80 bits per heavy atom. The molecular formula is C9H7ClN4S. The second kappa shape index (κ2) is 4.55. The highest BCUT2D eigenvalue weighted by Gasteiger charge is 2.06. The van der Waals surface area contributed by atoms with Gasteiger partial charge in [-0.2, -0.15) is 0 Å². The van der Waals surface area contributed by atoms with Gasteiger partial charge in [-0.15, -0.1) is 0 Å². The monoisotopic (exact) mass is 238 g/mol. The highest BCUT2D eigenvalue weighted by molar-refractivity contribution is 7.99. The molecular weight excluding hydrogens is 232 g/mol. The smallest absolute Gasteiger partial charge is 0.136 e. The molecule has 2 aromatic rings. The Labute approximate surface area is 96.2 Å². The van der Waals surface area contributed by atoms with Crippen molar-refractivity contribution in [3.63, 3.8) is 0 Å². The van der Waals surface area contributed by atoms with Crippen LogP contribution >= 0.6 is 23.4 Å². The Bertz CT molecular complexity index is 463. The first kappa shape index (κ1) is 10.3. The number of rotatable bonds is 2. The molecule has 0 radical (unpaired) electrons. The third-order valence-electron chi connectivity index (χ3n) is 1.73. The van der Waals surface area contributed by atoms with Gasteiger partial charge in [0.05, 0.1) is 0 Å². The molecule has 76 valence electrons. The molecule has 0 aromatic carbocycles. The zero-order valence-electron chi connectivity index (χ0n) is 7.88. The number of halogens is 1. The van der Waals surface area contributed by atoms with E-state index in [1.54, 1.807) is 6.20 Å². The lowest BCUT2D eigenvalue weighted by Gasteiger charge is -2.03. The van der Waals surface area contributed by atoms with Crippen molar-refractivity contribution in [2.45, 2.75) is 17.0 Å². The van der Waals surface area contributed by atoms with Crippen molar-refractivity contribution in [2.75, 3.05) is 0 Å². The van der Waals surface area contributed by atoms with E-state index in [0.717, 1.165) is 15.6 Å². The van der Waals surface area contributed by atoms with Gasteiger partial charge < -0.3 is 0 Å². The Hall–Kier alpha value is -1.20. The second-order valence-electron chi connectivity index (χ2n) is 2.74. The van der Waals surface area contributed by atoms with E-state index < -0.39 is 0 Å². The molecule has 0 spiro atoms. The summed E-state index contributed by atoms with van der Waals surface area (Å²) in [5, 5.41) is 2.12. The average molecular weight is 239 g/mol. The molecule has 0 N–H and O–H groups in total. The van der Waals surface area contributed by atoms with Crippen molar-refractivity contribution < 1.29 is 0 Å². The minimum atomic E-state index is 0.474. The highest BCUT2D eigenvalue weighted by Crippen LogP contribution is 2.28. The predicted molar refractivity (Wildman–Crippen MR) is 57.9 cm³/mol. The van der Waals surface area contributed by atoms with E-state index in [0.29, 0.717) is 5.15 Å². The fourth-order valence-electron chi connectivity index (χ4n) is 0.955. The van der Waals surface area contributed by atoms with Gasteiger partial charge in [0.15, 0.2) is 0 Å². The Morgan fingerprint density at radius 1 is 1.20 bits per heavy atom. The molecule has 0 aliphatic carbocycles. The normalized spacial score (nSPS) is 10.3. The zero-order chi connectivity index (χ0) is 10.7. The number of nitrogens with zero attached hydrogens (tertiary/aromatic N) is 4. The summed E-state index contributed by atoms with van der Waals surface area (Å²) in [6.07, 6.45) is 4.63. The summed E-state index contributed by atoms with van der Waals surface area (Å²) in [6.45, 7) is 1.88. The van der Waals surface area contributed by atoms with Crippen molar-refractivity contribution in [3.8, 4) is 0 Å². The molecule has 6 heteroatoms. The Balaban J connectivity index is 2.29. The van der Waals surface area contributed by atoms with Crippen LogP contribution in [0.15, 0.2) is 35.0 Å². The van der Waals surface area contributed by atoms with Crippen LogP contribution in [0.2, 0.25) is 5.15 Å². The summed E-state index contributed by atoms with van der Waals surface area (Å²) in [7, 11) is 0. The van der Waals surface area contributed by atoms with E-state index in [9.17, 15) is 0 Å². The first-order chi connectivity index (χ1) is 7.27. The quantitative estimate of drug-likeness (QED) is 0.752. The van der Waals surface area contributed by atoms with Crippen molar-refractivity contribution in [1.29, 1.82) is 0 Å². The summed E-state index contributed by atoms with van der Waals surface area (Å²) in [6, 6.07) is 1.82. The van der Waals surface area contributed by atoms with Crippen LogP contribution < -0.4 is 0 Å². The fraction of sp³-hybridized carbons (Fsp3) is 0.111. The summed E-state index contributed by atoms with van der Waals surface area (Å²) >= 11 is 7.32. The Kier molecular flexibility index (Phi) is 3.13. The predicted octanol–water partition coefficient (Wildman–Crippen LogP) is 2.38. The van der Waals surface area contributed by atoms with Crippen LogP contribution in [-0.4, -0.2) is 19.9 Å². The van der Waals surface area contributed by atoms with Crippen LogP contribution in [0.4, 0.5) is 0 Å². The topological polar surface area (TPSA) is 51.6 Å². The maximum absolute atomic E-state index is 5.88. The van der Waals surface area contributed by atoms with E-state index in [1.807, 2.05) is 13.0 Å². The van der Waals surface area contributed by atoms with Crippen LogP contribution in [0.1, 0.15) is 5.56 Å². The minimum Gasteiger partial charge on any atom is -0.245 e.